The second kappa shape index (κ2) is 2.82. The van der Waals surface area contributed by atoms with Gasteiger partial charge in [-0.2, -0.15) is 13.2 Å². The molecule has 2 nitrogen and oxygen atoms in total. The van der Waals surface area contributed by atoms with Crippen molar-refractivity contribution in [1.82, 2.24) is 0 Å². The summed E-state index contributed by atoms with van der Waals surface area (Å²) >= 11 is 0. The van der Waals surface area contributed by atoms with Gasteiger partial charge in [-0.05, 0) is 0 Å². The van der Waals surface area contributed by atoms with Crippen molar-refractivity contribution < 1.29 is 22.8 Å². The van der Waals surface area contributed by atoms with Gasteiger partial charge in [-0.25, -0.2) is 0 Å². The first kappa shape index (κ1) is 10.2. The maximum atomic E-state index is 12.4. The van der Waals surface area contributed by atoms with Crippen molar-refractivity contribution in [2.45, 2.75) is 32.4 Å². The summed E-state index contributed by atoms with van der Waals surface area (Å²) in [5, 5.41) is 0. The molecule has 0 saturated heterocycles. The van der Waals surface area contributed by atoms with Gasteiger partial charge in [0.1, 0.15) is 11.6 Å². The minimum atomic E-state index is -4.47. The topological polar surface area (TPSA) is 34.1 Å². The summed E-state index contributed by atoms with van der Waals surface area (Å²) in [6, 6.07) is 0. The molecule has 0 N–H and O–H groups in total. The summed E-state index contributed by atoms with van der Waals surface area (Å²) in [6.45, 7) is 0.919. The van der Waals surface area contributed by atoms with Crippen LogP contribution < -0.4 is 0 Å². The quantitative estimate of drug-likeness (QED) is 0.551. The van der Waals surface area contributed by atoms with Crippen LogP contribution in [0.2, 0.25) is 0 Å². The van der Waals surface area contributed by atoms with Gasteiger partial charge in [0.2, 0.25) is 0 Å². The van der Waals surface area contributed by atoms with Gasteiger partial charge in [-0.3, -0.25) is 9.59 Å². The molecule has 1 aliphatic rings. The van der Waals surface area contributed by atoms with Crippen LogP contribution in [0.15, 0.2) is 0 Å². The molecule has 0 atom stereocenters. The van der Waals surface area contributed by atoms with Gasteiger partial charge in [0.05, 0.1) is 11.8 Å². The van der Waals surface area contributed by atoms with E-state index in [-0.39, 0.29) is 6.42 Å². The number of halogens is 3. The van der Waals surface area contributed by atoms with Crippen LogP contribution in [0.5, 0.6) is 0 Å². The number of ketones is 2. The number of hydrogen-bond donors (Lipinski definition) is 0. The molecule has 1 aliphatic carbocycles. The van der Waals surface area contributed by atoms with E-state index in [0.29, 0.717) is 0 Å². The monoisotopic (exact) mass is 194 g/mol. The summed E-state index contributed by atoms with van der Waals surface area (Å²) in [6.07, 6.45) is -5.95. The van der Waals surface area contributed by atoms with Crippen molar-refractivity contribution in [3.05, 3.63) is 0 Å². The van der Waals surface area contributed by atoms with E-state index in [9.17, 15) is 22.8 Å². The molecule has 0 heterocycles. The average molecular weight is 194 g/mol. The second-order valence-corrected chi connectivity index (χ2v) is 3.67. The summed E-state index contributed by atoms with van der Waals surface area (Å²) < 4.78 is 37.1. The number of Topliss-reactive ketones (excluding diaryl/α,β-unsaturated/α-hetero) is 2. The summed E-state index contributed by atoms with van der Waals surface area (Å²) in [4.78, 5) is 21.6. The standard InChI is InChI=1S/C8H9F3O2/c1-7(8(9,10)11)3-5(12)2-6(13)4-7/h2-4H2,1H3. The third-order valence-corrected chi connectivity index (χ3v) is 2.25. The lowest BCUT2D eigenvalue weighted by molar-refractivity contribution is -0.224. The van der Waals surface area contributed by atoms with E-state index in [1.54, 1.807) is 0 Å². The van der Waals surface area contributed by atoms with Crippen molar-refractivity contribution in [3.63, 3.8) is 0 Å². The van der Waals surface area contributed by atoms with Crippen LogP contribution in [0.3, 0.4) is 0 Å². The van der Waals surface area contributed by atoms with Crippen LogP contribution >= 0.6 is 0 Å². The van der Waals surface area contributed by atoms with Crippen molar-refractivity contribution in [2.75, 3.05) is 0 Å². The Kier molecular flexibility index (Phi) is 2.21. The average Bonchev–Trinajstić information content (AvgIpc) is 1.79. The van der Waals surface area contributed by atoms with Crippen molar-refractivity contribution >= 4 is 11.6 Å². The van der Waals surface area contributed by atoms with E-state index in [1.807, 2.05) is 0 Å². The Morgan fingerprint density at radius 1 is 1.15 bits per heavy atom. The summed E-state index contributed by atoms with van der Waals surface area (Å²) in [5.41, 5.74) is -2.14. The molecule has 0 unspecified atom stereocenters. The molecule has 0 aromatic rings. The highest BCUT2D eigenvalue weighted by molar-refractivity contribution is 6.02. The maximum Gasteiger partial charge on any atom is 0.395 e. The highest BCUT2D eigenvalue weighted by atomic mass is 19.4. The number of carbonyl (C=O) groups excluding carboxylic acids is 2. The first-order valence-electron chi connectivity index (χ1n) is 3.85. The fourth-order valence-corrected chi connectivity index (χ4v) is 1.48. The molecule has 0 bridgehead atoms. The molecule has 0 aliphatic heterocycles. The van der Waals surface area contributed by atoms with E-state index in [4.69, 9.17) is 0 Å². The molecular weight excluding hydrogens is 185 g/mol. The maximum absolute atomic E-state index is 12.4. The van der Waals surface area contributed by atoms with Crippen molar-refractivity contribution in [1.29, 1.82) is 0 Å². The molecule has 0 aromatic heterocycles. The van der Waals surface area contributed by atoms with E-state index in [2.05, 4.69) is 0 Å². The number of alkyl halides is 3. The van der Waals surface area contributed by atoms with E-state index in [1.165, 1.54) is 0 Å². The van der Waals surface area contributed by atoms with Crippen LogP contribution in [0, 0.1) is 5.41 Å². The van der Waals surface area contributed by atoms with Gasteiger partial charge < -0.3 is 0 Å². The fourth-order valence-electron chi connectivity index (χ4n) is 1.48. The van der Waals surface area contributed by atoms with Crippen molar-refractivity contribution in [3.8, 4) is 0 Å². The Morgan fingerprint density at radius 2 is 1.54 bits per heavy atom. The third-order valence-electron chi connectivity index (χ3n) is 2.25. The van der Waals surface area contributed by atoms with Crippen molar-refractivity contribution in [2.24, 2.45) is 5.41 Å². The van der Waals surface area contributed by atoms with Gasteiger partial charge in [0.25, 0.3) is 0 Å². The molecule has 1 rings (SSSR count). The second-order valence-electron chi connectivity index (χ2n) is 3.67. The first-order valence-corrected chi connectivity index (χ1v) is 3.85. The Bertz CT molecular complexity index is 239. The number of hydrogen-bond acceptors (Lipinski definition) is 2. The molecule has 5 heteroatoms. The molecule has 0 amide bonds. The molecule has 0 spiro atoms. The van der Waals surface area contributed by atoms with E-state index < -0.39 is 36.0 Å². The van der Waals surface area contributed by atoms with Crippen LogP contribution in [0.1, 0.15) is 26.2 Å². The predicted octanol–water partition coefficient (Wildman–Crippen LogP) is 1.88. The van der Waals surface area contributed by atoms with E-state index in [0.717, 1.165) is 6.92 Å². The largest absolute Gasteiger partial charge is 0.395 e. The number of rotatable bonds is 0. The molecule has 13 heavy (non-hydrogen) atoms. The molecule has 0 aromatic carbocycles. The Labute approximate surface area is 73.1 Å². The van der Waals surface area contributed by atoms with Gasteiger partial charge in [-0.15, -0.1) is 0 Å². The third kappa shape index (κ3) is 1.89. The Balaban J connectivity index is 2.91. The summed E-state index contributed by atoms with van der Waals surface area (Å²) in [7, 11) is 0. The molecular formula is C8H9F3O2. The molecule has 0 radical (unpaired) electrons. The smallest absolute Gasteiger partial charge is 0.299 e. The van der Waals surface area contributed by atoms with Gasteiger partial charge >= 0.3 is 6.18 Å². The molecule has 74 valence electrons. The van der Waals surface area contributed by atoms with Gasteiger partial charge in [0, 0.05) is 12.8 Å². The van der Waals surface area contributed by atoms with Crippen LogP contribution in [-0.4, -0.2) is 17.7 Å². The minimum absolute atomic E-state index is 0.342. The van der Waals surface area contributed by atoms with Crippen LogP contribution in [0.4, 0.5) is 13.2 Å². The highest BCUT2D eigenvalue weighted by Gasteiger charge is 2.54. The Morgan fingerprint density at radius 3 is 1.85 bits per heavy atom. The highest BCUT2D eigenvalue weighted by Crippen LogP contribution is 2.46. The fraction of sp³-hybridized carbons (Fsp3) is 0.750. The normalized spacial score (nSPS) is 23.4. The van der Waals surface area contributed by atoms with Crippen LogP contribution in [0.25, 0.3) is 0 Å². The van der Waals surface area contributed by atoms with E-state index >= 15 is 0 Å². The molecule has 1 saturated carbocycles. The zero-order chi connectivity index (χ0) is 10.3. The predicted molar refractivity (Wildman–Crippen MR) is 38.0 cm³/mol. The lowest BCUT2D eigenvalue weighted by atomic mass is 9.74. The lowest BCUT2D eigenvalue weighted by Crippen LogP contribution is -2.42. The molecule has 1 fully saturated rings. The van der Waals surface area contributed by atoms with Gasteiger partial charge in [0.15, 0.2) is 0 Å². The number of carbonyl (C=O) groups is 2. The SMILES string of the molecule is CC1(C(F)(F)F)CC(=O)CC(=O)C1. The van der Waals surface area contributed by atoms with Gasteiger partial charge in [-0.1, -0.05) is 6.92 Å². The summed E-state index contributed by atoms with van der Waals surface area (Å²) in [5.74, 6) is -1.23. The minimum Gasteiger partial charge on any atom is -0.299 e. The zero-order valence-electron chi connectivity index (χ0n) is 7.07. The Hall–Kier alpha value is -0.870. The zero-order valence-corrected chi connectivity index (χ0v) is 7.07. The first-order chi connectivity index (χ1) is 5.74. The lowest BCUT2D eigenvalue weighted by Gasteiger charge is -2.33. The van der Waals surface area contributed by atoms with Crippen LogP contribution in [-0.2, 0) is 9.59 Å².